The summed E-state index contributed by atoms with van der Waals surface area (Å²) in [5.41, 5.74) is 3.31. The summed E-state index contributed by atoms with van der Waals surface area (Å²) in [7, 11) is 1.71. The minimum Gasteiger partial charge on any atom is -0.355 e. The number of nitrogens with zero attached hydrogens (tertiary/aromatic N) is 4. The van der Waals surface area contributed by atoms with E-state index in [1.807, 2.05) is 42.5 Å². The van der Waals surface area contributed by atoms with Crippen LogP contribution in [0.15, 0.2) is 60.7 Å². The van der Waals surface area contributed by atoms with Crippen molar-refractivity contribution >= 4 is 34.6 Å². The molecule has 1 atom stereocenters. The summed E-state index contributed by atoms with van der Waals surface area (Å²) in [5.74, 6) is -0.579. The Morgan fingerprint density at radius 1 is 0.833 bits per heavy atom. The summed E-state index contributed by atoms with van der Waals surface area (Å²) in [6.45, 7) is 7.63. The highest BCUT2D eigenvalue weighted by Gasteiger charge is 2.35. The highest BCUT2D eigenvalue weighted by molar-refractivity contribution is 6.05. The van der Waals surface area contributed by atoms with Crippen LogP contribution in [0.4, 0.5) is 31.5 Å². The molecule has 7 rings (SSSR count). The van der Waals surface area contributed by atoms with Gasteiger partial charge in [-0.1, -0.05) is 12.1 Å². The standard InChI is InChI=1S/C38H46F2N6O2/c1-25-38(48)43(2)35-16-13-30(22-36(35)46(25)24-32-33(39)7-4-8-34(32)40)41-29-6-3-5-27(21-29)37(47)42-28-11-14-31(15-12-28)45-19-17-44(18-20-45)23-26-9-10-26/h3-8,13,16,21-22,25-26,28,31,41H,9-12,14-15,17-20,23-24H2,1-2H3,(H,42,47). The van der Waals surface area contributed by atoms with Gasteiger partial charge in [0, 0.05) is 80.9 Å². The van der Waals surface area contributed by atoms with Gasteiger partial charge in [-0.25, -0.2) is 8.78 Å². The lowest BCUT2D eigenvalue weighted by Gasteiger charge is -2.42. The largest absolute Gasteiger partial charge is 0.355 e. The predicted octanol–water partition coefficient (Wildman–Crippen LogP) is 6.15. The second-order valence-corrected chi connectivity index (χ2v) is 14.1. The van der Waals surface area contributed by atoms with E-state index in [2.05, 4.69) is 20.4 Å². The summed E-state index contributed by atoms with van der Waals surface area (Å²) >= 11 is 0. The Hall–Kier alpha value is -4.02. The maximum absolute atomic E-state index is 14.6. The molecule has 0 aromatic heterocycles. The average molecular weight is 657 g/mol. The number of hydrogen-bond acceptors (Lipinski definition) is 6. The molecule has 2 N–H and O–H groups in total. The predicted molar refractivity (Wildman–Crippen MR) is 186 cm³/mol. The zero-order chi connectivity index (χ0) is 33.4. The van der Waals surface area contributed by atoms with Gasteiger partial charge >= 0.3 is 0 Å². The molecule has 0 bridgehead atoms. The van der Waals surface area contributed by atoms with Gasteiger partial charge in [0.15, 0.2) is 0 Å². The van der Waals surface area contributed by atoms with Gasteiger partial charge in [0.2, 0.25) is 5.91 Å². The van der Waals surface area contributed by atoms with Crippen LogP contribution in [-0.4, -0.2) is 79.5 Å². The molecular formula is C38H46F2N6O2. The molecule has 10 heteroatoms. The van der Waals surface area contributed by atoms with E-state index in [9.17, 15) is 18.4 Å². The van der Waals surface area contributed by atoms with Gasteiger partial charge in [-0.3, -0.25) is 14.5 Å². The molecule has 2 heterocycles. The Bertz CT molecular complexity index is 1630. The van der Waals surface area contributed by atoms with Crippen molar-refractivity contribution in [3.63, 3.8) is 0 Å². The Morgan fingerprint density at radius 3 is 2.23 bits per heavy atom. The second kappa shape index (κ2) is 13.8. The van der Waals surface area contributed by atoms with Gasteiger partial charge in [0.25, 0.3) is 5.91 Å². The number of anilines is 4. The van der Waals surface area contributed by atoms with E-state index in [0.29, 0.717) is 23.0 Å². The molecule has 1 unspecified atom stereocenters. The Kier molecular flexibility index (Phi) is 9.38. The van der Waals surface area contributed by atoms with E-state index < -0.39 is 17.7 Å². The van der Waals surface area contributed by atoms with Crippen LogP contribution in [0.3, 0.4) is 0 Å². The van der Waals surface area contributed by atoms with Gasteiger partial charge in [-0.05, 0) is 99.9 Å². The van der Waals surface area contributed by atoms with Crippen molar-refractivity contribution in [1.29, 1.82) is 0 Å². The highest BCUT2D eigenvalue weighted by atomic mass is 19.1. The number of fused-ring (bicyclic) bond motifs is 1. The molecule has 3 fully saturated rings. The van der Waals surface area contributed by atoms with Crippen LogP contribution >= 0.6 is 0 Å². The third-order valence-electron chi connectivity index (χ3n) is 10.8. The number of likely N-dealkylation sites (N-methyl/N-ethyl adjacent to an activating group) is 1. The number of rotatable bonds is 9. The molecule has 2 amide bonds. The first kappa shape index (κ1) is 32.5. The lowest BCUT2D eigenvalue weighted by atomic mass is 9.89. The minimum atomic E-state index is -0.648. The van der Waals surface area contributed by atoms with Gasteiger partial charge in [-0.2, -0.15) is 0 Å². The van der Waals surface area contributed by atoms with E-state index in [1.165, 1.54) is 50.7 Å². The van der Waals surface area contributed by atoms with Crippen LogP contribution in [-0.2, 0) is 11.3 Å². The molecule has 254 valence electrons. The Labute approximate surface area is 282 Å². The fraction of sp³-hybridized carbons (Fsp3) is 0.474. The fourth-order valence-electron chi connectivity index (χ4n) is 7.67. The number of piperazine rings is 1. The van der Waals surface area contributed by atoms with Gasteiger partial charge < -0.3 is 25.3 Å². The Morgan fingerprint density at radius 2 is 1.52 bits per heavy atom. The van der Waals surface area contributed by atoms with Crippen molar-refractivity contribution in [2.45, 2.75) is 70.1 Å². The number of halogens is 2. The van der Waals surface area contributed by atoms with Crippen molar-refractivity contribution in [2.24, 2.45) is 5.92 Å². The smallest absolute Gasteiger partial charge is 0.251 e. The van der Waals surface area contributed by atoms with Crippen LogP contribution in [0, 0.1) is 17.6 Å². The molecule has 4 aliphatic rings. The molecule has 3 aromatic rings. The number of amides is 2. The van der Waals surface area contributed by atoms with Crippen LogP contribution in [0.25, 0.3) is 0 Å². The number of nitrogens with one attached hydrogen (secondary N) is 2. The first-order valence-corrected chi connectivity index (χ1v) is 17.5. The zero-order valence-electron chi connectivity index (χ0n) is 27.9. The quantitative estimate of drug-likeness (QED) is 0.288. The van der Waals surface area contributed by atoms with Crippen molar-refractivity contribution in [3.8, 4) is 0 Å². The lowest BCUT2D eigenvalue weighted by Crippen LogP contribution is -2.52. The van der Waals surface area contributed by atoms with Crippen molar-refractivity contribution in [1.82, 2.24) is 15.1 Å². The summed E-state index contributed by atoms with van der Waals surface area (Å²) in [5, 5.41) is 6.67. The third-order valence-corrected chi connectivity index (χ3v) is 10.8. The molecule has 2 saturated carbocycles. The SMILES string of the molecule is CC1C(=O)N(C)c2ccc(Nc3cccc(C(=O)NC4CCC(N5CCN(CC6CC6)CC5)CC4)c3)cc2N1Cc1c(F)cccc1F. The monoisotopic (exact) mass is 656 g/mol. The second-order valence-electron chi connectivity index (χ2n) is 14.1. The van der Waals surface area contributed by atoms with Gasteiger partial charge in [0.1, 0.15) is 17.7 Å². The van der Waals surface area contributed by atoms with Crippen LogP contribution < -0.4 is 20.4 Å². The van der Waals surface area contributed by atoms with E-state index in [-0.39, 0.29) is 30.0 Å². The topological polar surface area (TPSA) is 71.2 Å². The van der Waals surface area contributed by atoms with Crippen LogP contribution in [0.2, 0.25) is 0 Å². The van der Waals surface area contributed by atoms with E-state index in [0.717, 1.165) is 56.1 Å². The molecule has 48 heavy (non-hydrogen) atoms. The molecule has 8 nitrogen and oxygen atoms in total. The molecule has 0 radical (unpaired) electrons. The highest BCUT2D eigenvalue weighted by Crippen LogP contribution is 2.39. The molecule has 2 aliphatic carbocycles. The molecular weight excluding hydrogens is 610 g/mol. The summed E-state index contributed by atoms with van der Waals surface area (Å²) in [6.07, 6.45) is 7.05. The first-order chi connectivity index (χ1) is 23.2. The molecule has 1 saturated heterocycles. The average Bonchev–Trinajstić information content (AvgIpc) is 3.92. The van der Waals surface area contributed by atoms with Gasteiger partial charge in [0.05, 0.1) is 11.4 Å². The number of carbonyl (C=O) groups excluding carboxylic acids is 2. The maximum atomic E-state index is 14.6. The van der Waals surface area contributed by atoms with E-state index in [1.54, 1.807) is 23.8 Å². The van der Waals surface area contributed by atoms with Gasteiger partial charge in [-0.15, -0.1) is 0 Å². The lowest BCUT2D eigenvalue weighted by molar-refractivity contribution is -0.119. The molecule has 0 spiro atoms. The summed E-state index contributed by atoms with van der Waals surface area (Å²) in [6, 6.07) is 17.0. The number of benzene rings is 3. The Balaban J connectivity index is 0.978. The van der Waals surface area contributed by atoms with Crippen LogP contribution in [0.1, 0.15) is 61.4 Å². The zero-order valence-corrected chi connectivity index (χ0v) is 27.9. The van der Waals surface area contributed by atoms with Crippen LogP contribution in [0.5, 0.6) is 0 Å². The number of carbonyl (C=O) groups is 2. The number of hydrogen-bond donors (Lipinski definition) is 2. The van der Waals surface area contributed by atoms with E-state index >= 15 is 0 Å². The minimum absolute atomic E-state index is 0.0757. The third kappa shape index (κ3) is 7.05. The first-order valence-electron chi connectivity index (χ1n) is 17.5. The molecule has 3 aromatic carbocycles. The van der Waals surface area contributed by atoms with E-state index in [4.69, 9.17) is 0 Å². The summed E-state index contributed by atoms with van der Waals surface area (Å²) < 4.78 is 29.3. The fourth-order valence-corrected chi connectivity index (χ4v) is 7.67. The molecule has 2 aliphatic heterocycles. The van der Waals surface area contributed by atoms with Crippen molar-refractivity contribution < 1.29 is 18.4 Å². The maximum Gasteiger partial charge on any atom is 0.251 e. The van der Waals surface area contributed by atoms with Crippen molar-refractivity contribution in [2.75, 3.05) is 54.9 Å². The normalized spacial score (nSPS) is 23.6. The van der Waals surface area contributed by atoms with Crippen molar-refractivity contribution in [3.05, 3.63) is 83.4 Å². The summed E-state index contributed by atoms with van der Waals surface area (Å²) in [4.78, 5) is 35.0.